The van der Waals surface area contributed by atoms with Crippen LogP contribution < -0.4 is 10.6 Å². The van der Waals surface area contributed by atoms with Gasteiger partial charge in [-0.15, -0.1) is 0 Å². The number of hydrogen-bond donors (Lipinski definition) is 2. The highest BCUT2D eigenvalue weighted by Crippen LogP contribution is 2.44. The van der Waals surface area contributed by atoms with Gasteiger partial charge in [0.25, 0.3) is 0 Å². The van der Waals surface area contributed by atoms with Gasteiger partial charge in [0.1, 0.15) is 6.54 Å². The fourth-order valence-corrected chi connectivity index (χ4v) is 5.72. The van der Waals surface area contributed by atoms with E-state index in [2.05, 4.69) is 15.6 Å². The predicted molar refractivity (Wildman–Crippen MR) is 113 cm³/mol. The lowest BCUT2D eigenvalue weighted by Gasteiger charge is -2.27. The lowest BCUT2D eigenvalue weighted by atomic mass is 9.95. The van der Waals surface area contributed by atoms with Crippen LogP contribution in [0.3, 0.4) is 0 Å². The van der Waals surface area contributed by atoms with E-state index in [-0.39, 0.29) is 24.4 Å². The van der Waals surface area contributed by atoms with Gasteiger partial charge in [-0.25, -0.2) is 4.99 Å². The number of carbonyl (C=O) groups is 2. The number of likely N-dealkylation sites (tertiary alicyclic amines) is 1. The zero-order valence-corrected chi connectivity index (χ0v) is 18.0. The van der Waals surface area contributed by atoms with E-state index >= 15 is 0 Å². The average molecular weight is 404 g/mol. The van der Waals surface area contributed by atoms with E-state index in [1.807, 2.05) is 4.90 Å². The number of guanidine groups is 1. The maximum absolute atomic E-state index is 12.7. The second kappa shape index (κ2) is 8.92. The van der Waals surface area contributed by atoms with E-state index in [0.29, 0.717) is 11.9 Å². The summed E-state index contributed by atoms with van der Waals surface area (Å²) in [6, 6.07) is 0.673. The number of carbonyl (C=O) groups excluding carboxylic acids is 2. The molecule has 4 aliphatic rings. The van der Waals surface area contributed by atoms with E-state index in [0.717, 1.165) is 50.1 Å². The molecule has 0 spiro atoms. The first-order chi connectivity index (χ1) is 14.0. The highest BCUT2D eigenvalue weighted by Gasteiger charge is 2.40. The predicted octanol–water partition coefficient (Wildman–Crippen LogP) is 1.59. The molecule has 29 heavy (non-hydrogen) atoms. The largest absolute Gasteiger partial charge is 0.353 e. The number of likely N-dealkylation sites (N-methyl/N-ethyl adjacent to an activating group) is 1. The Labute approximate surface area is 174 Å². The van der Waals surface area contributed by atoms with Crippen LogP contribution in [0, 0.1) is 17.8 Å². The number of nitrogens with zero attached hydrogens (tertiary/aromatic N) is 3. The first kappa shape index (κ1) is 20.5. The first-order valence-electron chi connectivity index (χ1n) is 11.6. The first-order valence-corrected chi connectivity index (χ1v) is 11.6. The van der Waals surface area contributed by atoms with Crippen molar-refractivity contribution >= 4 is 17.8 Å². The van der Waals surface area contributed by atoms with Crippen molar-refractivity contribution in [3.8, 4) is 0 Å². The SMILES string of the molecule is CN(C)C(=O)CN=C(NC1CCN(C(=O)C2CCCC2)C1)NC1CC2CCC1C2. The van der Waals surface area contributed by atoms with Crippen molar-refractivity contribution in [3.63, 3.8) is 0 Å². The summed E-state index contributed by atoms with van der Waals surface area (Å²) < 4.78 is 0. The smallest absolute Gasteiger partial charge is 0.243 e. The second-order valence-corrected chi connectivity index (χ2v) is 9.77. The Bertz CT molecular complexity index is 643. The van der Waals surface area contributed by atoms with E-state index in [1.54, 1.807) is 19.0 Å². The molecule has 4 rings (SSSR count). The van der Waals surface area contributed by atoms with Gasteiger partial charge in [0, 0.05) is 45.2 Å². The molecule has 2 bridgehead atoms. The number of fused-ring (bicyclic) bond motifs is 2. The number of aliphatic imine (C=N–C) groups is 1. The number of nitrogens with one attached hydrogen (secondary N) is 2. The molecule has 0 aromatic carbocycles. The zero-order chi connectivity index (χ0) is 20.4. The molecule has 1 heterocycles. The summed E-state index contributed by atoms with van der Waals surface area (Å²) in [5.41, 5.74) is 0. The molecule has 0 aromatic heterocycles. The van der Waals surface area contributed by atoms with Crippen LogP contribution in [-0.4, -0.2) is 73.4 Å². The van der Waals surface area contributed by atoms with Gasteiger partial charge in [0.05, 0.1) is 0 Å². The molecule has 1 aliphatic heterocycles. The maximum atomic E-state index is 12.7. The van der Waals surface area contributed by atoms with Gasteiger partial charge in [-0.05, 0) is 50.4 Å². The summed E-state index contributed by atoms with van der Waals surface area (Å²) in [6.07, 6.45) is 10.6. The van der Waals surface area contributed by atoms with Gasteiger partial charge in [-0.3, -0.25) is 9.59 Å². The summed E-state index contributed by atoms with van der Waals surface area (Å²) in [5, 5.41) is 7.18. The second-order valence-electron chi connectivity index (χ2n) is 9.77. The molecule has 4 atom stereocenters. The third kappa shape index (κ3) is 4.86. The Kier molecular flexibility index (Phi) is 6.30. The van der Waals surface area contributed by atoms with Gasteiger partial charge in [-0.2, -0.15) is 0 Å². The number of amides is 2. The molecule has 7 heteroatoms. The molecule has 7 nitrogen and oxygen atoms in total. The number of rotatable bonds is 5. The van der Waals surface area contributed by atoms with Gasteiger partial charge in [0.15, 0.2) is 5.96 Å². The minimum Gasteiger partial charge on any atom is -0.353 e. The van der Waals surface area contributed by atoms with Crippen LogP contribution in [-0.2, 0) is 9.59 Å². The monoisotopic (exact) mass is 403 g/mol. The molecule has 2 amide bonds. The molecule has 4 unspecified atom stereocenters. The van der Waals surface area contributed by atoms with Crippen LogP contribution in [0.1, 0.15) is 57.8 Å². The molecule has 4 fully saturated rings. The highest BCUT2D eigenvalue weighted by atomic mass is 16.2. The molecule has 3 aliphatic carbocycles. The van der Waals surface area contributed by atoms with Crippen LogP contribution in [0.15, 0.2) is 4.99 Å². The topological polar surface area (TPSA) is 77.0 Å². The molecule has 162 valence electrons. The highest BCUT2D eigenvalue weighted by molar-refractivity contribution is 5.85. The van der Waals surface area contributed by atoms with Crippen molar-refractivity contribution in [3.05, 3.63) is 0 Å². The standard InChI is InChI=1S/C22H37N5O2/c1-26(2)20(28)13-23-22(25-19-12-15-7-8-17(19)11-15)24-18-9-10-27(14-18)21(29)16-5-3-4-6-16/h15-19H,3-14H2,1-2H3,(H2,23,24,25). The Balaban J connectivity index is 1.35. The Morgan fingerprint density at radius 3 is 2.48 bits per heavy atom. The van der Waals surface area contributed by atoms with Crippen molar-refractivity contribution in [2.45, 2.75) is 69.9 Å². The van der Waals surface area contributed by atoms with Crippen LogP contribution in [0.4, 0.5) is 0 Å². The quantitative estimate of drug-likeness (QED) is 0.540. The molecule has 0 radical (unpaired) electrons. The molecular formula is C22H37N5O2. The third-order valence-corrected chi connectivity index (χ3v) is 7.48. The Morgan fingerprint density at radius 2 is 1.83 bits per heavy atom. The lowest BCUT2D eigenvalue weighted by molar-refractivity contribution is -0.134. The molecule has 1 saturated heterocycles. The van der Waals surface area contributed by atoms with Crippen LogP contribution in [0.2, 0.25) is 0 Å². The third-order valence-electron chi connectivity index (χ3n) is 7.48. The lowest BCUT2D eigenvalue weighted by Crippen LogP contribution is -2.50. The zero-order valence-electron chi connectivity index (χ0n) is 18.0. The summed E-state index contributed by atoms with van der Waals surface area (Å²) in [7, 11) is 3.52. The van der Waals surface area contributed by atoms with Crippen molar-refractivity contribution < 1.29 is 9.59 Å². The van der Waals surface area contributed by atoms with Crippen molar-refractivity contribution in [1.82, 2.24) is 20.4 Å². The van der Waals surface area contributed by atoms with E-state index in [9.17, 15) is 9.59 Å². The summed E-state index contributed by atoms with van der Waals surface area (Å²) in [6.45, 7) is 1.72. The summed E-state index contributed by atoms with van der Waals surface area (Å²) in [4.78, 5) is 33.0. The Morgan fingerprint density at radius 1 is 1.03 bits per heavy atom. The summed E-state index contributed by atoms with van der Waals surface area (Å²) >= 11 is 0. The molecule has 3 saturated carbocycles. The van der Waals surface area contributed by atoms with Crippen LogP contribution >= 0.6 is 0 Å². The summed E-state index contributed by atoms with van der Waals surface area (Å²) in [5.74, 6) is 2.93. The number of hydrogen-bond acceptors (Lipinski definition) is 3. The minimum absolute atomic E-state index is 0.00324. The van der Waals surface area contributed by atoms with Crippen LogP contribution in [0.5, 0.6) is 0 Å². The minimum atomic E-state index is 0.00324. The van der Waals surface area contributed by atoms with Gasteiger partial charge in [-0.1, -0.05) is 19.3 Å². The van der Waals surface area contributed by atoms with E-state index < -0.39 is 0 Å². The Hall–Kier alpha value is -1.79. The average Bonchev–Trinajstić information content (AvgIpc) is 3.50. The normalized spacial score (nSPS) is 32.1. The van der Waals surface area contributed by atoms with E-state index in [1.165, 1.54) is 38.5 Å². The molecular weight excluding hydrogens is 366 g/mol. The van der Waals surface area contributed by atoms with Gasteiger partial charge >= 0.3 is 0 Å². The fourth-order valence-electron chi connectivity index (χ4n) is 5.72. The van der Waals surface area contributed by atoms with Crippen LogP contribution in [0.25, 0.3) is 0 Å². The van der Waals surface area contributed by atoms with Crippen molar-refractivity contribution in [2.75, 3.05) is 33.7 Å². The molecule has 2 N–H and O–H groups in total. The molecule has 0 aromatic rings. The van der Waals surface area contributed by atoms with Crippen molar-refractivity contribution in [2.24, 2.45) is 22.7 Å². The van der Waals surface area contributed by atoms with E-state index in [4.69, 9.17) is 0 Å². The van der Waals surface area contributed by atoms with Gasteiger partial charge in [0.2, 0.25) is 11.8 Å². The van der Waals surface area contributed by atoms with Crippen molar-refractivity contribution in [1.29, 1.82) is 0 Å². The van der Waals surface area contributed by atoms with Gasteiger partial charge < -0.3 is 20.4 Å². The maximum Gasteiger partial charge on any atom is 0.243 e. The fraction of sp³-hybridized carbons (Fsp3) is 0.864.